The molecule has 2 aromatic carbocycles. The monoisotopic (exact) mass is 225 g/mol. The van der Waals surface area contributed by atoms with Crippen molar-refractivity contribution in [3.05, 3.63) is 60.2 Å². The molecule has 0 radical (unpaired) electrons. The average molecular weight is 225 g/mol. The summed E-state index contributed by atoms with van der Waals surface area (Å²) in [6.45, 7) is 0.913. The first kappa shape index (κ1) is 10.4. The minimum atomic E-state index is 0.446. The maximum Gasteiger partial charge on any atom is 0.0850 e. The van der Waals surface area contributed by atoms with Gasteiger partial charge in [-0.1, -0.05) is 30.3 Å². The lowest BCUT2D eigenvalue weighted by Crippen LogP contribution is -1.95. The highest BCUT2D eigenvalue weighted by Crippen LogP contribution is 2.21. The van der Waals surface area contributed by atoms with Crippen molar-refractivity contribution in [2.45, 2.75) is 12.5 Å². The normalized spacial score (nSPS) is 17.8. The van der Waals surface area contributed by atoms with Gasteiger partial charge in [-0.15, -0.1) is 0 Å². The summed E-state index contributed by atoms with van der Waals surface area (Å²) in [5.74, 6) is 0. The summed E-state index contributed by atoms with van der Waals surface area (Å²) >= 11 is 0. The molecule has 1 N–H and O–H groups in total. The van der Waals surface area contributed by atoms with Crippen LogP contribution < -0.4 is 5.32 Å². The van der Waals surface area contributed by atoms with Crippen molar-refractivity contribution in [1.82, 2.24) is 0 Å². The summed E-state index contributed by atoms with van der Waals surface area (Å²) in [5, 5.41) is 3.40. The molecular formula is C15H15NO. The summed E-state index contributed by atoms with van der Waals surface area (Å²) in [6.07, 6.45) is 1.46. The van der Waals surface area contributed by atoms with Crippen molar-refractivity contribution in [2.24, 2.45) is 0 Å². The van der Waals surface area contributed by atoms with Crippen LogP contribution in [0.1, 0.15) is 5.56 Å². The van der Waals surface area contributed by atoms with E-state index in [1.54, 1.807) is 0 Å². The molecule has 0 amide bonds. The lowest BCUT2D eigenvalue weighted by molar-refractivity contribution is 0.407. The fourth-order valence-corrected chi connectivity index (χ4v) is 1.91. The third-order valence-electron chi connectivity index (χ3n) is 2.86. The average Bonchev–Trinajstić information content (AvgIpc) is 3.15. The van der Waals surface area contributed by atoms with Gasteiger partial charge >= 0.3 is 0 Å². The molecule has 2 heteroatoms. The number of hydrogen-bond donors (Lipinski definition) is 1. The molecule has 2 nitrogen and oxygen atoms in total. The molecule has 1 aliphatic rings. The number of anilines is 2. The molecule has 1 unspecified atom stereocenters. The molecule has 17 heavy (non-hydrogen) atoms. The Kier molecular flexibility index (Phi) is 2.80. The predicted octanol–water partition coefficient (Wildman–Crippen LogP) is 3.37. The number of nitrogens with one attached hydrogen (secondary N) is 1. The summed E-state index contributed by atoms with van der Waals surface area (Å²) in [4.78, 5) is 0. The SMILES string of the molecule is c1ccc(Nc2cccc(CC3CO3)c2)cc1. The Labute approximate surface area is 101 Å². The minimum absolute atomic E-state index is 0.446. The molecule has 0 aliphatic carbocycles. The molecule has 1 aliphatic heterocycles. The van der Waals surface area contributed by atoms with E-state index in [1.807, 2.05) is 18.2 Å². The zero-order valence-electron chi connectivity index (χ0n) is 9.60. The third kappa shape index (κ3) is 2.86. The van der Waals surface area contributed by atoms with Crippen molar-refractivity contribution in [1.29, 1.82) is 0 Å². The quantitative estimate of drug-likeness (QED) is 0.807. The zero-order chi connectivity index (χ0) is 11.5. The first-order chi connectivity index (χ1) is 8.40. The van der Waals surface area contributed by atoms with Gasteiger partial charge in [-0.05, 0) is 29.8 Å². The van der Waals surface area contributed by atoms with E-state index in [1.165, 1.54) is 5.56 Å². The highest BCUT2D eigenvalue weighted by atomic mass is 16.6. The minimum Gasteiger partial charge on any atom is -0.373 e. The maximum atomic E-state index is 5.25. The van der Waals surface area contributed by atoms with Crippen LogP contribution in [0.15, 0.2) is 54.6 Å². The van der Waals surface area contributed by atoms with E-state index in [-0.39, 0.29) is 0 Å². The summed E-state index contributed by atoms with van der Waals surface area (Å²) < 4.78 is 5.25. The van der Waals surface area contributed by atoms with Crippen LogP contribution in [0.4, 0.5) is 11.4 Å². The second kappa shape index (κ2) is 4.60. The van der Waals surface area contributed by atoms with Gasteiger partial charge in [-0.2, -0.15) is 0 Å². The molecule has 86 valence electrons. The molecule has 1 heterocycles. The number of rotatable bonds is 4. The van der Waals surface area contributed by atoms with E-state index in [4.69, 9.17) is 4.74 Å². The Hall–Kier alpha value is -1.80. The fraction of sp³-hybridized carbons (Fsp3) is 0.200. The van der Waals surface area contributed by atoms with Crippen LogP contribution in [-0.4, -0.2) is 12.7 Å². The lowest BCUT2D eigenvalue weighted by Gasteiger charge is -2.07. The number of epoxide rings is 1. The smallest absolute Gasteiger partial charge is 0.0850 e. The Morgan fingerprint density at radius 2 is 1.76 bits per heavy atom. The van der Waals surface area contributed by atoms with Crippen LogP contribution in [0.25, 0.3) is 0 Å². The van der Waals surface area contributed by atoms with Crippen LogP contribution in [0.3, 0.4) is 0 Å². The molecule has 0 bridgehead atoms. The summed E-state index contributed by atoms with van der Waals surface area (Å²) in [5.41, 5.74) is 3.58. The van der Waals surface area contributed by atoms with E-state index in [9.17, 15) is 0 Å². The van der Waals surface area contributed by atoms with Gasteiger partial charge < -0.3 is 10.1 Å². The molecule has 0 spiro atoms. The van der Waals surface area contributed by atoms with Crippen molar-refractivity contribution in [3.63, 3.8) is 0 Å². The molecular weight excluding hydrogens is 210 g/mol. The Bertz CT molecular complexity index is 491. The van der Waals surface area contributed by atoms with E-state index in [0.29, 0.717) is 6.10 Å². The molecule has 3 rings (SSSR count). The number of benzene rings is 2. The molecule has 0 aromatic heterocycles. The molecule has 1 saturated heterocycles. The lowest BCUT2D eigenvalue weighted by atomic mass is 10.1. The Morgan fingerprint density at radius 1 is 1.00 bits per heavy atom. The van der Waals surface area contributed by atoms with Gasteiger partial charge in [0.2, 0.25) is 0 Å². The molecule has 1 atom stereocenters. The van der Waals surface area contributed by atoms with Crippen molar-refractivity contribution in [2.75, 3.05) is 11.9 Å². The van der Waals surface area contributed by atoms with E-state index in [0.717, 1.165) is 24.4 Å². The number of para-hydroxylation sites is 1. The molecule has 0 saturated carbocycles. The Morgan fingerprint density at radius 3 is 2.53 bits per heavy atom. The summed E-state index contributed by atoms with van der Waals surface area (Å²) in [6, 6.07) is 18.7. The second-order valence-corrected chi connectivity index (χ2v) is 4.35. The van der Waals surface area contributed by atoms with Crippen LogP contribution in [0.2, 0.25) is 0 Å². The zero-order valence-corrected chi connectivity index (χ0v) is 9.60. The molecule has 2 aromatic rings. The maximum absolute atomic E-state index is 5.25. The van der Waals surface area contributed by atoms with Gasteiger partial charge in [-0.3, -0.25) is 0 Å². The highest BCUT2D eigenvalue weighted by Gasteiger charge is 2.22. The first-order valence-corrected chi connectivity index (χ1v) is 5.93. The van der Waals surface area contributed by atoms with Crippen LogP contribution >= 0.6 is 0 Å². The van der Waals surface area contributed by atoms with Gasteiger partial charge in [0.25, 0.3) is 0 Å². The van der Waals surface area contributed by atoms with Crippen LogP contribution in [0.5, 0.6) is 0 Å². The van der Waals surface area contributed by atoms with Gasteiger partial charge in [0.15, 0.2) is 0 Å². The molecule has 1 fully saturated rings. The fourth-order valence-electron chi connectivity index (χ4n) is 1.91. The first-order valence-electron chi connectivity index (χ1n) is 5.93. The standard InChI is InChI=1S/C15H15NO/c1-2-6-13(7-3-1)16-14-8-4-5-12(9-14)10-15-11-17-15/h1-9,15-16H,10-11H2. The number of hydrogen-bond acceptors (Lipinski definition) is 2. The van der Waals surface area contributed by atoms with Gasteiger partial charge in [0, 0.05) is 17.8 Å². The van der Waals surface area contributed by atoms with E-state index < -0.39 is 0 Å². The third-order valence-corrected chi connectivity index (χ3v) is 2.86. The van der Waals surface area contributed by atoms with E-state index in [2.05, 4.69) is 41.7 Å². The second-order valence-electron chi connectivity index (χ2n) is 4.35. The summed E-state index contributed by atoms with van der Waals surface area (Å²) in [7, 11) is 0. The van der Waals surface area contributed by atoms with Gasteiger partial charge in [0.05, 0.1) is 12.7 Å². The van der Waals surface area contributed by atoms with Crippen molar-refractivity contribution in [3.8, 4) is 0 Å². The number of ether oxygens (including phenoxy) is 1. The largest absolute Gasteiger partial charge is 0.373 e. The van der Waals surface area contributed by atoms with Crippen LogP contribution in [-0.2, 0) is 11.2 Å². The van der Waals surface area contributed by atoms with Gasteiger partial charge in [-0.25, -0.2) is 0 Å². The van der Waals surface area contributed by atoms with Crippen LogP contribution in [0, 0.1) is 0 Å². The Balaban J connectivity index is 1.73. The van der Waals surface area contributed by atoms with Crippen molar-refractivity contribution >= 4 is 11.4 Å². The topological polar surface area (TPSA) is 24.6 Å². The van der Waals surface area contributed by atoms with E-state index >= 15 is 0 Å². The predicted molar refractivity (Wildman–Crippen MR) is 69.6 cm³/mol. The van der Waals surface area contributed by atoms with Crippen molar-refractivity contribution < 1.29 is 4.74 Å². The van der Waals surface area contributed by atoms with Gasteiger partial charge in [0.1, 0.15) is 0 Å². The highest BCUT2D eigenvalue weighted by molar-refractivity contribution is 5.60.